The molecule has 0 amide bonds. The predicted octanol–water partition coefficient (Wildman–Crippen LogP) is 5.13. The number of pyridine rings is 1. The van der Waals surface area contributed by atoms with Crippen molar-refractivity contribution >= 4 is 23.1 Å². The van der Waals surface area contributed by atoms with Crippen molar-refractivity contribution in [2.45, 2.75) is 19.3 Å². The van der Waals surface area contributed by atoms with Crippen LogP contribution in [0.2, 0.25) is 0 Å². The van der Waals surface area contributed by atoms with Crippen molar-refractivity contribution in [3.63, 3.8) is 0 Å². The highest BCUT2D eigenvalue weighted by Crippen LogP contribution is 2.34. The number of hydrogen-bond acceptors (Lipinski definition) is 5. The van der Waals surface area contributed by atoms with Crippen LogP contribution in [0.5, 0.6) is 5.75 Å². The van der Waals surface area contributed by atoms with Gasteiger partial charge in [0.25, 0.3) is 0 Å². The van der Waals surface area contributed by atoms with E-state index >= 15 is 0 Å². The van der Waals surface area contributed by atoms with Gasteiger partial charge in [0.05, 0.1) is 12.8 Å². The molecule has 0 unspecified atom stereocenters. The molecule has 2 aromatic carbocycles. The molecule has 0 saturated heterocycles. The molecule has 1 aliphatic rings. The third kappa shape index (κ3) is 3.76. The molecule has 0 aliphatic heterocycles. The second-order valence-electron chi connectivity index (χ2n) is 7.63. The van der Waals surface area contributed by atoms with Crippen molar-refractivity contribution in [2.24, 2.45) is 5.92 Å². The summed E-state index contributed by atoms with van der Waals surface area (Å²) < 4.78 is 7.12. The maximum atomic E-state index is 12.5. The molecule has 2 heterocycles. The zero-order chi connectivity index (χ0) is 20.5. The van der Waals surface area contributed by atoms with E-state index in [1.54, 1.807) is 11.6 Å². The van der Waals surface area contributed by atoms with Gasteiger partial charge in [0.15, 0.2) is 11.4 Å². The van der Waals surface area contributed by atoms with Gasteiger partial charge in [0.1, 0.15) is 5.75 Å². The van der Waals surface area contributed by atoms with Gasteiger partial charge in [-0.3, -0.25) is 4.79 Å². The van der Waals surface area contributed by atoms with Crippen LogP contribution in [0, 0.1) is 5.92 Å². The number of ketones is 1. The lowest BCUT2D eigenvalue weighted by Crippen LogP contribution is -2.00. The molecule has 0 spiro atoms. The Kier molecular flexibility index (Phi) is 4.67. The van der Waals surface area contributed by atoms with Crippen molar-refractivity contribution in [3.05, 3.63) is 72.4 Å². The van der Waals surface area contributed by atoms with Crippen molar-refractivity contribution < 1.29 is 9.53 Å². The van der Waals surface area contributed by atoms with Gasteiger partial charge in [-0.2, -0.15) is 4.98 Å². The van der Waals surface area contributed by atoms with Crippen molar-refractivity contribution in [2.75, 3.05) is 12.4 Å². The van der Waals surface area contributed by atoms with E-state index < -0.39 is 0 Å². The SMILES string of the molecule is COc1ccccc1Nc1nc2ccc(-c3cccc(C(=O)CC4CC4)c3)cn2n1. The monoisotopic (exact) mass is 398 g/mol. The molecule has 0 atom stereocenters. The number of benzene rings is 2. The summed E-state index contributed by atoms with van der Waals surface area (Å²) in [4.78, 5) is 17.0. The molecular weight excluding hydrogens is 376 g/mol. The van der Waals surface area contributed by atoms with Gasteiger partial charge in [-0.15, -0.1) is 5.10 Å². The van der Waals surface area contributed by atoms with E-state index in [0.717, 1.165) is 33.8 Å². The van der Waals surface area contributed by atoms with Gasteiger partial charge < -0.3 is 10.1 Å². The molecular formula is C24H22N4O2. The number of Topliss-reactive ketones (excluding diaryl/α,β-unsaturated/α-hetero) is 1. The largest absolute Gasteiger partial charge is 0.495 e. The molecule has 1 saturated carbocycles. The zero-order valence-corrected chi connectivity index (χ0v) is 16.7. The molecule has 6 nitrogen and oxygen atoms in total. The summed E-state index contributed by atoms with van der Waals surface area (Å²) in [6.07, 6.45) is 4.95. The van der Waals surface area contributed by atoms with Crippen molar-refractivity contribution in [1.29, 1.82) is 0 Å². The van der Waals surface area contributed by atoms with Crippen LogP contribution in [0.3, 0.4) is 0 Å². The van der Waals surface area contributed by atoms with Gasteiger partial charge in [-0.1, -0.05) is 30.3 Å². The van der Waals surface area contributed by atoms with Gasteiger partial charge in [-0.25, -0.2) is 4.52 Å². The van der Waals surface area contributed by atoms with E-state index in [4.69, 9.17) is 4.74 Å². The normalized spacial score (nSPS) is 13.4. The lowest BCUT2D eigenvalue weighted by molar-refractivity contribution is 0.0976. The molecule has 6 heteroatoms. The lowest BCUT2D eigenvalue weighted by Gasteiger charge is -2.07. The number of para-hydroxylation sites is 2. The molecule has 0 radical (unpaired) electrons. The molecule has 1 N–H and O–H groups in total. The highest BCUT2D eigenvalue weighted by Gasteiger charge is 2.25. The van der Waals surface area contributed by atoms with E-state index in [1.807, 2.05) is 66.9 Å². The summed E-state index contributed by atoms with van der Waals surface area (Å²) in [6, 6.07) is 19.4. The lowest BCUT2D eigenvalue weighted by atomic mass is 10.0. The first-order valence-corrected chi connectivity index (χ1v) is 10.1. The number of ether oxygens (including phenoxy) is 1. The zero-order valence-electron chi connectivity index (χ0n) is 16.7. The smallest absolute Gasteiger partial charge is 0.247 e. The standard InChI is InChI=1S/C24H22N4O2/c1-30-22-8-3-2-7-20(22)25-24-26-23-12-11-19(15-28(23)27-24)17-5-4-6-18(14-17)21(29)13-16-9-10-16/h2-8,11-12,14-16H,9-10,13H2,1H3,(H,25,27). The highest BCUT2D eigenvalue weighted by molar-refractivity contribution is 5.97. The number of nitrogens with zero attached hydrogens (tertiary/aromatic N) is 3. The Hall–Kier alpha value is -3.67. The Morgan fingerprint density at radius 1 is 1.10 bits per heavy atom. The van der Waals surface area contributed by atoms with E-state index in [2.05, 4.69) is 15.4 Å². The fraction of sp³-hybridized carbons (Fsp3) is 0.208. The number of nitrogens with one attached hydrogen (secondary N) is 1. The third-order valence-electron chi connectivity index (χ3n) is 5.37. The average molecular weight is 398 g/mol. The number of methoxy groups -OCH3 is 1. The summed E-state index contributed by atoms with van der Waals surface area (Å²) in [5, 5.41) is 7.75. The highest BCUT2D eigenvalue weighted by atomic mass is 16.5. The molecule has 4 aromatic rings. The summed E-state index contributed by atoms with van der Waals surface area (Å²) >= 11 is 0. The summed E-state index contributed by atoms with van der Waals surface area (Å²) in [7, 11) is 1.63. The maximum Gasteiger partial charge on any atom is 0.247 e. The first-order valence-electron chi connectivity index (χ1n) is 10.1. The quantitative estimate of drug-likeness (QED) is 0.437. The van der Waals surface area contributed by atoms with Gasteiger partial charge in [-0.05, 0) is 54.7 Å². The molecule has 5 rings (SSSR count). The molecule has 30 heavy (non-hydrogen) atoms. The summed E-state index contributed by atoms with van der Waals surface area (Å²) in [5.74, 6) is 2.03. The van der Waals surface area contributed by atoms with Crippen LogP contribution < -0.4 is 10.1 Å². The first kappa shape index (κ1) is 18.4. The number of rotatable bonds is 7. The Labute approximate surface area is 174 Å². The average Bonchev–Trinajstić information content (AvgIpc) is 3.50. The number of fused-ring (bicyclic) bond motifs is 1. The van der Waals surface area contributed by atoms with Gasteiger partial charge in [0, 0.05) is 23.7 Å². The van der Waals surface area contributed by atoms with Crippen LogP contribution in [0.4, 0.5) is 11.6 Å². The van der Waals surface area contributed by atoms with Crippen LogP contribution in [-0.4, -0.2) is 27.5 Å². The van der Waals surface area contributed by atoms with E-state index in [0.29, 0.717) is 18.3 Å². The summed E-state index contributed by atoms with van der Waals surface area (Å²) in [6.45, 7) is 0. The maximum absolute atomic E-state index is 12.5. The number of carbonyl (C=O) groups is 1. The van der Waals surface area contributed by atoms with E-state index in [-0.39, 0.29) is 5.78 Å². The van der Waals surface area contributed by atoms with E-state index in [1.165, 1.54) is 12.8 Å². The van der Waals surface area contributed by atoms with Crippen LogP contribution >= 0.6 is 0 Å². The number of hydrogen-bond donors (Lipinski definition) is 1. The van der Waals surface area contributed by atoms with Crippen LogP contribution in [0.1, 0.15) is 29.6 Å². The van der Waals surface area contributed by atoms with Gasteiger partial charge in [0.2, 0.25) is 5.95 Å². The number of aromatic nitrogens is 3. The fourth-order valence-electron chi connectivity index (χ4n) is 3.55. The topological polar surface area (TPSA) is 68.5 Å². The molecule has 150 valence electrons. The molecule has 1 aliphatic carbocycles. The fourth-order valence-corrected chi connectivity index (χ4v) is 3.55. The van der Waals surface area contributed by atoms with Crippen molar-refractivity contribution in [3.8, 4) is 16.9 Å². The minimum absolute atomic E-state index is 0.226. The Balaban J connectivity index is 1.42. The second kappa shape index (κ2) is 7.63. The Morgan fingerprint density at radius 3 is 2.80 bits per heavy atom. The predicted molar refractivity (Wildman–Crippen MR) is 116 cm³/mol. The Morgan fingerprint density at radius 2 is 1.97 bits per heavy atom. The summed E-state index contributed by atoms with van der Waals surface area (Å²) in [5.41, 5.74) is 4.29. The minimum Gasteiger partial charge on any atom is -0.495 e. The second-order valence-corrected chi connectivity index (χ2v) is 7.63. The third-order valence-corrected chi connectivity index (χ3v) is 5.37. The molecule has 2 aromatic heterocycles. The number of anilines is 2. The van der Waals surface area contributed by atoms with Gasteiger partial charge >= 0.3 is 0 Å². The minimum atomic E-state index is 0.226. The molecule has 0 bridgehead atoms. The van der Waals surface area contributed by atoms with Crippen molar-refractivity contribution in [1.82, 2.24) is 14.6 Å². The Bertz CT molecular complexity index is 1230. The van der Waals surface area contributed by atoms with E-state index in [9.17, 15) is 4.79 Å². The molecule has 1 fully saturated rings. The van der Waals surface area contributed by atoms with Crippen LogP contribution in [-0.2, 0) is 0 Å². The first-order chi connectivity index (χ1) is 14.7. The number of carbonyl (C=O) groups excluding carboxylic acids is 1. The van der Waals surface area contributed by atoms with Crippen LogP contribution in [0.15, 0.2) is 66.9 Å². The van der Waals surface area contributed by atoms with Crippen LogP contribution in [0.25, 0.3) is 16.8 Å².